The average Bonchev–Trinajstić information content (AvgIpc) is 3.14. The van der Waals surface area contributed by atoms with Gasteiger partial charge in [0, 0.05) is 62.2 Å². The molecule has 1 saturated heterocycles. The third-order valence-corrected chi connectivity index (χ3v) is 7.53. The quantitative estimate of drug-likeness (QED) is 0.618. The van der Waals surface area contributed by atoms with Crippen molar-refractivity contribution in [2.75, 3.05) is 51.2 Å². The molecule has 0 saturated carbocycles. The molecular formula is C27H35ClN4O. The van der Waals surface area contributed by atoms with Crippen LogP contribution in [0.5, 0.6) is 0 Å². The molecule has 0 radical (unpaired) electrons. The Bertz CT molecular complexity index is 985. The van der Waals surface area contributed by atoms with Crippen molar-refractivity contribution >= 4 is 28.9 Å². The van der Waals surface area contributed by atoms with Crippen LogP contribution in [0.4, 0.5) is 5.69 Å². The second-order valence-corrected chi connectivity index (χ2v) is 9.56. The minimum atomic E-state index is -0.116. The number of benzene rings is 2. The molecule has 176 valence electrons. The molecule has 2 aromatic rings. The highest BCUT2D eigenvalue weighted by molar-refractivity contribution is 6.31. The van der Waals surface area contributed by atoms with E-state index < -0.39 is 0 Å². The van der Waals surface area contributed by atoms with E-state index >= 15 is 0 Å². The summed E-state index contributed by atoms with van der Waals surface area (Å²) in [6, 6.07) is 16.6. The van der Waals surface area contributed by atoms with Crippen molar-refractivity contribution in [3.8, 4) is 0 Å². The summed E-state index contributed by atoms with van der Waals surface area (Å²) in [6.07, 6.45) is 3.08. The Balaban J connectivity index is 1.21. The minimum absolute atomic E-state index is 0.116. The Labute approximate surface area is 203 Å². The van der Waals surface area contributed by atoms with E-state index in [0.29, 0.717) is 6.54 Å². The maximum Gasteiger partial charge on any atom is 0.229 e. The van der Waals surface area contributed by atoms with E-state index in [9.17, 15) is 4.79 Å². The number of carbonyl (C=O) groups excluding carboxylic acids is 1. The van der Waals surface area contributed by atoms with Crippen LogP contribution in [0.1, 0.15) is 24.5 Å². The molecule has 0 aromatic heterocycles. The van der Waals surface area contributed by atoms with Crippen LogP contribution in [0, 0.1) is 12.8 Å². The molecule has 1 N–H and O–H groups in total. The van der Waals surface area contributed by atoms with Crippen molar-refractivity contribution in [2.24, 2.45) is 5.92 Å². The zero-order valence-corrected chi connectivity index (χ0v) is 20.7. The van der Waals surface area contributed by atoms with Crippen LogP contribution in [0.15, 0.2) is 54.6 Å². The van der Waals surface area contributed by atoms with Crippen LogP contribution in [0.2, 0.25) is 5.02 Å². The SMILES string of the molecule is Cc1c(Cl)cccc1N1CCN(CCCNC(=O)C2C=C(c3ccccc3)N(C)C2C)CC1. The van der Waals surface area contributed by atoms with Gasteiger partial charge in [-0.3, -0.25) is 9.69 Å². The topological polar surface area (TPSA) is 38.8 Å². The summed E-state index contributed by atoms with van der Waals surface area (Å²) >= 11 is 6.30. The Morgan fingerprint density at radius 2 is 1.79 bits per heavy atom. The largest absolute Gasteiger partial charge is 0.371 e. The first-order valence-electron chi connectivity index (χ1n) is 12.0. The van der Waals surface area contributed by atoms with Gasteiger partial charge in [0.05, 0.1) is 5.92 Å². The highest BCUT2D eigenvalue weighted by Gasteiger charge is 2.33. The molecule has 2 aliphatic heterocycles. The molecule has 4 rings (SSSR count). The van der Waals surface area contributed by atoms with E-state index in [2.05, 4.69) is 65.2 Å². The number of halogens is 1. The lowest BCUT2D eigenvalue weighted by atomic mass is 10.0. The van der Waals surface area contributed by atoms with Gasteiger partial charge in [-0.25, -0.2) is 0 Å². The molecule has 6 heteroatoms. The summed E-state index contributed by atoms with van der Waals surface area (Å²) in [6.45, 7) is 10.0. The number of piperazine rings is 1. The van der Waals surface area contributed by atoms with Gasteiger partial charge in [0.1, 0.15) is 0 Å². The molecule has 0 spiro atoms. The first-order chi connectivity index (χ1) is 16.0. The zero-order valence-electron chi connectivity index (χ0n) is 19.9. The fourth-order valence-electron chi connectivity index (χ4n) is 4.87. The molecule has 1 amide bonds. The number of nitrogens with one attached hydrogen (secondary N) is 1. The second kappa shape index (κ2) is 10.6. The fraction of sp³-hybridized carbons (Fsp3) is 0.444. The highest BCUT2D eigenvalue weighted by Crippen LogP contribution is 2.32. The summed E-state index contributed by atoms with van der Waals surface area (Å²) in [7, 11) is 2.07. The van der Waals surface area contributed by atoms with Crippen molar-refractivity contribution in [1.82, 2.24) is 15.1 Å². The number of amides is 1. The minimum Gasteiger partial charge on any atom is -0.371 e. The zero-order chi connectivity index (χ0) is 23.4. The van der Waals surface area contributed by atoms with E-state index in [1.807, 2.05) is 30.3 Å². The standard InChI is InChI=1S/C27H35ClN4O/c1-20-24(28)11-7-12-25(20)32-17-15-31(16-18-32)14-8-13-29-27(33)23-19-26(30(3)21(23)2)22-9-5-4-6-10-22/h4-7,9-12,19,21,23H,8,13-18H2,1-3H3,(H,29,33). The Morgan fingerprint density at radius 3 is 2.52 bits per heavy atom. The summed E-state index contributed by atoms with van der Waals surface area (Å²) in [5.41, 5.74) is 4.70. The van der Waals surface area contributed by atoms with Crippen molar-refractivity contribution in [3.05, 3.63) is 70.8 Å². The van der Waals surface area contributed by atoms with Gasteiger partial charge < -0.3 is 15.1 Å². The number of hydrogen-bond donors (Lipinski definition) is 1. The number of anilines is 1. The molecule has 1 fully saturated rings. The molecule has 2 heterocycles. The van der Waals surface area contributed by atoms with Gasteiger partial charge in [0.25, 0.3) is 0 Å². The number of nitrogens with zero attached hydrogens (tertiary/aromatic N) is 3. The monoisotopic (exact) mass is 466 g/mol. The molecule has 33 heavy (non-hydrogen) atoms. The van der Waals surface area contributed by atoms with Crippen LogP contribution in [-0.2, 0) is 4.79 Å². The molecule has 5 nitrogen and oxygen atoms in total. The smallest absolute Gasteiger partial charge is 0.229 e. The van der Waals surface area contributed by atoms with Crippen LogP contribution in [0.3, 0.4) is 0 Å². The number of carbonyl (C=O) groups is 1. The number of rotatable bonds is 7. The maximum atomic E-state index is 12.9. The van der Waals surface area contributed by atoms with Gasteiger partial charge in [-0.2, -0.15) is 0 Å². The lowest BCUT2D eigenvalue weighted by molar-refractivity contribution is -0.124. The molecule has 2 unspecified atom stereocenters. The predicted octanol–water partition coefficient (Wildman–Crippen LogP) is 4.27. The molecular weight excluding hydrogens is 432 g/mol. The summed E-state index contributed by atoms with van der Waals surface area (Å²) in [5, 5.41) is 4.01. The lowest BCUT2D eigenvalue weighted by Crippen LogP contribution is -2.47. The van der Waals surface area contributed by atoms with Gasteiger partial charge >= 0.3 is 0 Å². The van der Waals surface area contributed by atoms with Crippen molar-refractivity contribution in [3.63, 3.8) is 0 Å². The van der Waals surface area contributed by atoms with Crippen LogP contribution >= 0.6 is 11.6 Å². The third kappa shape index (κ3) is 5.36. The fourth-order valence-corrected chi connectivity index (χ4v) is 5.04. The van der Waals surface area contributed by atoms with Crippen LogP contribution in [-0.4, -0.2) is 68.1 Å². The van der Waals surface area contributed by atoms with Crippen LogP contribution < -0.4 is 10.2 Å². The first-order valence-corrected chi connectivity index (χ1v) is 12.3. The first kappa shape index (κ1) is 23.7. The van der Waals surface area contributed by atoms with Gasteiger partial charge in [0.2, 0.25) is 5.91 Å². The molecule has 0 bridgehead atoms. The lowest BCUT2D eigenvalue weighted by Gasteiger charge is -2.37. The van der Waals surface area contributed by atoms with E-state index in [4.69, 9.17) is 11.6 Å². The Morgan fingerprint density at radius 1 is 1.06 bits per heavy atom. The van der Waals surface area contributed by atoms with E-state index in [1.54, 1.807) is 0 Å². The maximum absolute atomic E-state index is 12.9. The Kier molecular flexibility index (Phi) is 7.61. The molecule has 2 atom stereocenters. The normalized spacial score (nSPS) is 21.3. The second-order valence-electron chi connectivity index (χ2n) is 9.15. The number of hydrogen-bond acceptors (Lipinski definition) is 4. The summed E-state index contributed by atoms with van der Waals surface area (Å²) in [5.74, 6) is 0.0104. The summed E-state index contributed by atoms with van der Waals surface area (Å²) < 4.78 is 0. The third-order valence-electron chi connectivity index (χ3n) is 7.12. The van der Waals surface area contributed by atoms with Crippen molar-refractivity contribution in [2.45, 2.75) is 26.3 Å². The molecule has 2 aliphatic rings. The Hall–Kier alpha value is -2.50. The molecule has 2 aromatic carbocycles. The van der Waals surface area contributed by atoms with Gasteiger partial charge in [-0.1, -0.05) is 48.0 Å². The average molecular weight is 467 g/mol. The van der Waals surface area contributed by atoms with E-state index in [-0.39, 0.29) is 17.9 Å². The molecule has 0 aliphatic carbocycles. The summed E-state index contributed by atoms with van der Waals surface area (Å²) in [4.78, 5) is 20.0. The highest BCUT2D eigenvalue weighted by atomic mass is 35.5. The van der Waals surface area contributed by atoms with Gasteiger partial charge in [0.15, 0.2) is 0 Å². The predicted molar refractivity (Wildman–Crippen MR) is 138 cm³/mol. The van der Waals surface area contributed by atoms with Gasteiger partial charge in [-0.15, -0.1) is 0 Å². The van der Waals surface area contributed by atoms with E-state index in [1.165, 1.54) is 5.69 Å². The van der Waals surface area contributed by atoms with Crippen LogP contribution in [0.25, 0.3) is 5.70 Å². The van der Waals surface area contributed by atoms with Gasteiger partial charge in [-0.05, 0) is 56.1 Å². The van der Waals surface area contributed by atoms with Crippen molar-refractivity contribution < 1.29 is 4.79 Å². The van der Waals surface area contributed by atoms with E-state index in [0.717, 1.165) is 61.0 Å². The van der Waals surface area contributed by atoms with Crippen molar-refractivity contribution in [1.29, 1.82) is 0 Å².